The molecule has 0 spiro atoms. The lowest BCUT2D eigenvalue weighted by molar-refractivity contribution is 0.0636. The lowest BCUT2D eigenvalue weighted by Gasteiger charge is -2.21. The molecule has 1 aliphatic rings. The average Bonchev–Trinajstić information content (AvgIpc) is 2.89. The zero-order valence-corrected chi connectivity index (χ0v) is 20.3. The predicted octanol–water partition coefficient (Wildman–Crippen LogP) is 5.28. The first-order chi connectivity index (χ1) is 17.5. The zero-order valence-electron chi connectivity index (χ0n) is 19.5. The smallest absolute Gasteiger partial charge is 0.273 e. The Labute approximate surface area is 212 Å². The largest absolute Gasteiger partial charge is 0.382 e. The molecule has 0 atom stereocenters. The number of carbonyl (C=O) groups excluding carboxylic acids is 1. The monoisotopic (exact) mass is 505 g/mol. The summed E-state index contributed by atoms with van der Waals surface area (Å²) >= 11 is 6.53. The SMILES string of the molecule is Nc1nc(-c2ccc(F)cc2)c(-c2cc(Cl)c3ncccc3c2)nc1C(=O)NCCC1CCOCC1. The van der Waals surface area contributed by atoms with E-state index in [1.807, 2.05) is 18.2 Å². The number of amides is 1. The molecule has 9 heteroatoms. The standard InChI is InChI=1S/C27H25ClFN5O2/c28-21-15-19(14-18-2-1-10-31-22(18)21)24-23(17-3-5-20(29)6-4-17)34-26(30)25(33-24)27(35)32-11-7-16-8-12-36-13-9-16/h1-6,10,14-16H,7-9,11-13H2,(H2,30,34)(H,32,35). The van der Waals surface area contributed by atoms with E-state index in [4.69, 9.17) is 22.1 Å². The van der Waals surface area contributed by atoms with Crippen LogP contribution >= 0.6 is 11.6 Å². The number of fused-ring (bicyclic) bond motifs is 1. The molecule has 1 aliphatic heterocycles. The van der Waals surface area contributed by atoms with Gasteiger partial charge in [-0.15, -0.1) is 0 Å². The second-order valence-electron chi connectivity index (χ2n) is 8.80. The highest BCUT2D eigenvalue weighted by atomic mass is 35.5. The number of nitrogens with one attached hydrogen (secondary N) is 1. The number of hydrogen-bond donors (Lipinski definition) is 2. The lowest BCUT2D eigenvalue weighted by Crippen LogP contribution is -2.29. The van der Waals surface area contributed by atoms with Crippen molar-refractivity contribution in [2.75, 3.05) is 25.5 Å². The number of carbonyl (C=O) groups is 1. The maximum absolute atomic E-state index is 13.6. The number of benzene rings is 2. The highest BCUT2D eigenvalue weighted by molar-refractivity contribution is 6.35. The number of rotatable bonds is 6. The Bertz CT molecular complexity index is 1410. The van der Waals surface area contributed by atoms with Gasteiger partial charge in [0.2, 0.25) is 0 Å². The number of nitrogens with two attached hydrogens (primary N) is 1. The molecule has 0 saturated carbocycles. The van der Waals surface area contributed by atoms with Crippen LogP contribution in [0.5, 0.6) is 0 Å². The van der Waals surface area contributed by atoms with Crippen molar-refractivity contribution in [3.63, 3.8) is 0 Å². The summed E-state index contributed by atoms with van der Waals surface area (Å²) in [6.07, 6.45) is 4.51. The molecule has 2 aromatic carbocycles. The van der Waals surface area contributed by atoms with E-state index in [2.05, 4.69) is 20.3 Å². The Balaban J connectivity index is 1.53. The molecule has 5 rings (SSSR count). The summed E-state index contributed by atoms with van der Waals surface area (Å²) in [4.78, 5) is 26.6. The maximum Gasteiger partial charge on any atom is 0.273 e. The van der Waals surface area contributed by atoms with E-state index in [-0.39, 0.29) is 17.3 Å². The van der Waals surface area contributed by atoms with E-state index >= 15 is 0 Å². The van der Waals surface area contributed by atoms with E-state index in [0.29, 0.717) is 45.5 Å². The molecule has 0 unspecified atom stereocenters. The number of ether oxygens (including phenoxy) is 1. The summed E-state index contributed by atoms with van der Waals surface area (Å²) in [6, 6.07) is 13.2. The van der Waals surface area contributed by atoms with Crippen LogP contribution in [0.4, 0.5) is 10.2 Å². The van der Waals surface area contributed by atoms with Gasteiger partial charge >= 0.3 is 0 Å². The van der Waals surface area contributed by atoms with Crippen molar-refractivity contribution >= 4 is 34.2 Å². The number of nitrogens with zero attached hydrogens (tertiary/aromatic N) is 3. The van der Waals surface area contributed by atoms with Gasteiger partial charge in [-0.1, -0.05) is 17.7 Å². The minimum absolute atomic E-state index is 0.00445. The minimum Gasteiger partial charge on any atom is -0.382 e. The minimum atomic E-state index is -0.396. The van der Waals surface area contributed by atoms with Crippen molar-refractivity contribution in [1.29, 1.82) is 0 Å². The van der Waals surface area contributed by atoms with Gasteiger partial charge in [0, 0.05) is 42.5 Å². The quantitative estimate of drug-likeness (QED) is 0.369. The molecule has 184 valence electrons. The number of nitrogen functional groups attached to an aromatic ring is 1. The number of anilines is 1. The lowest BCUT2D eigenvalue weighted by atomic mass is 9.97. The molecule has 1 amide bonds. The summed E-state index contributed by atoms with van der Waals surface area (Å²) in [5.41, 5.74) is 8.99. The molecule has 0 bridgehead atoms. The Kier molecular flexibility index (Phi) is 7.06. The molecular formula is C27H25ClFN5O2. The zero-order chi connectivity index (χ0) is 25.1. The molecule has 0 aliphatic carbocycles. The van der Waals surface area contributed by atoms with Crippen LogP contribution in [0.15, 0.2) is 54.7 Å². The first kappa shape index (κ1) is 24.1. The van der Waals surface area contributed by atoms with Gasteiger partial charge in [-0.05, 0) is 67.6 Å². The van der Waals surface area contributed by atoms with Crippen molar-refractivity contribution in [2.45, 2.75) is 19.3 Å². The normalized spacial score (nSPS) is 14.2. The van der Waals surface area contributed by atoms with Crippen molar-refractivity contribution in [3.8, 4) is 22.5 Å². The Morgan fingerprint density at radius 2 is 1.83 bits per heavy atom. The van der Waals surface area contributed by atoms with Crippen LogP contribution in [0.3, 0.4) is 0 Å². The maximum atomic E-state index is 13.6. The van der Waals surface area contributed by atoms with Crippen LogP contribution in [0, 0.1) is 11.7 Å². The van der Waals surface area contributed by atoms with Gasteiger partial charge < -0.3 is 15.8 Å². The van der Waals surface area contributed by atoms with Gasteiger partial charge in [0.15, 0.2) is 11.5 Å². The van der Waals surface area contributed by atoms with E-state index in [9.17, 15) is 9.18 Å². The molecule has 0 radical (unpaired) electrons. The third-order valence-electron chi connectivity index (χ3n) is 6.37. The van der Waals surface area contributed by atoms with Gasteiger partial charge in [-0.25, -0.2) is 14.4 Å². The predicted molar refractivity (Wildman–Crippen MR) is 138 cm³/mol. The summed E-state index contributed by atoms with van der Waals surface area (Å²) < 4.78 is 19.0. The topological polar surface area (TPSA) is 103 Å². The van der Waals surface area contributed by atoms with E-state index in [1.165, 1.54) is 12.1 Å². The third-order valence-corrected chi connectivity index (χ3v) is 6.65. The molecule has 4 aromatic rings. The van der Waals surface area contributed by atoms with Crippen molar-refractivity contribution < 1.29 is 13.9 Å². The van der Waals surface area contributed by atoms with Crippen molar-refractivity contribution in [2.24, 2.45) is 5.92 Å². The molecule has 1 fully saturated rings. The fourth-order valence-corrected chi connectivity index (χ4v) is 4.69. The second kappa shape index (κ2) is 10.6. The molecule has 3 N–H and O–H groups in total. The number of halogens is 2. The first-order valence-electron chi connectivity index (χ1n) is 11.8. The highest BCUT2D eigenvalue weighted by Crippen LogP contribution is 2.35. The van der Waals surface area contributed by atoms with Crippen LogP contribution in [-0.4, -0.2) is 40.6 Å². The van der Waals surface area contributed by atoms with Crippen molar-refractivity contribution in [3.05, 3.63) is 71.3 Å². The fourth-order valence-electron chi connectivity index (χ4n) is 4.42. The number of pyridine rings is 1. The van der Waals surface area contributed by atoms with Gasteiger partial charge in [0.1, 0.15) is 5.82 Å². The summed E-state index contributed by atoms with van der Waals surface area (Å²) in [6.45, 7) is 2.03. The van der Waals surface area contributed by atoms with Gasteiger partial charge in [-0.3, -0.25) is 9.78 Å². The van der Waals surface area contributed by atoms with Gasteiger partial charge in [-0.2, -0.15) is 0 Å². The van der Waals surface area contributed by atoms with Crippen LogP contribution in [-0.2, 0) is 4.74 Å². The Morgan fingerprint density at radius 3 is 2.61 bits per heavy atom. The Morgan fingerprint density at radius 1 is 1.08 bits per heavy atom. The van der Waals surface area contributed by atoms with Crippen LogP contribution in [0.2, 0.25) is 5.02 Å². The average molecular weight is 506 g/mol. The second-order valence-corrected chi connectivity index (χ2v) is 9.20. The molecule has 7 nitrogen and oxygen atoms in total. The number of hydrogen-bond acceptors (Lipinski definition) is 6. The molecular weight excluding hydrogens is 481 g/mol. The molecule has 1 saturated heterocycles. The van der Waals surface area contributed by atoms with Crippen LogP contribution in [0.1, 0.15) is 29.8 Å². The number of aromatic nitrogens is 3. The van der Waals surface area contributed by atoms with Gasteiger partial charge in [0.25, 0.3) is 5.91 Å². The van der Waals surface area contributed by atoms with Gasteiger partial charge in [0.05, 0.1) is 21.9 Å². The van der Waals surface area contributed by atoms with E-state index in [0.717, 1.165) is 37.9 Å². The van der Waals surface area contributed by atoms with E-state index < -0.39 is 5.91 Å². The first-order valence-corrected chi connectivity index (χ1v) is 12.2. The van der Waals surface area contributed by atoms with Crippen LogP contribution in [0.25, 0.3) is 33.4 Å². The van der Waals surface area contributed by atoms with Crippen LogP contribution < -0.4 is 11.1 Å². The molecule has 36 heavy (non-hydrogen) atoms. The summed E-state index contributed by atoms with van der Waals surface area (Å²) in [5.74, 6) is -0.253. The highest BCUT2D eigenvalue weighted by Gasteiger charge is 2.21. The summed E-state index contributed by atoms with van der Waals surface area (Å²) in [7, 11) is 0. The molecule has 2 aromatic heterocycles. The fraction of sp³-hybridized carbons (Fsp3) is 0.259. The molecule has 3 heterocycles. The van der Waals surface area contributed by atoms with E-state index in [1.54, 1.807) is 24.4 Å². The summed E-state index contributed by atoms with van der Waals surface area (Å²) in [5, 5.41) is 4.18. The van der Waals surface area contributed by atoms with Crippen molar-refractivity contribution in [1.82, 2.24) is 20.3 Å². The Hall–Kier alpha value is -3.62. The third kappa shape index (κ3) is 5.15.